The number of thioether (sulfide) groups is 1. The van der Waals surface area contributed by atoms with Crippen LogP contribution in [0.5, 0.6) is 0 Å². The Hall–Kier alpha value is -2.25. The van der Waals surface area contributed by atoms with Crippen LogP contribution in [-0.2, 0) is 6.54 Å². The molecule has 1 aromatic carbocycles. The van der Waals surface area contributed by atoms with Crippen molar-refractivity contribution >= 4 is 28.6 Å². The summed E-state index contributed by atoms with van der Waals surface area (Å²) >= 11 is 1.97. The molecule has 2 fully saturated rings. The van der Waals surface area contributed by atoms with E-state index >= 15 is 0 Å². The summed E-state index contributed by atoms with van der Waals surface area (Å²) in [6.07, 6.45) is 10.3. The minimum Gasteiger partial charge on any atom is -0.338 e. The Balaban J connectivity index is 1.30. The number of hydrogen-bond acceptors (Lipinski definition) is 7. The van der Waals surface area contributed by atoms with Crippen molar-refractivity contribution in [3.63, 3.8) is 0 Å². The maximum Gasteiger partial charge on any atom is 0.225 e. The van der Waals surface area contributed by atoms with Gasteiger partial charge in [-0.25, -0.2) is 19.9 Å². The van der Waals surface area contributed by atoms with E-state index in [1.807, 2.05) is 30.2 Å². The molecule has 0 atom stereocenters. The SMILES string of the molecule is c1cnc(N2CCN(Cc3nc(SC4CCCCC4)c4ccccc4n3)CC2)nc1. The van der Waals surface area contributed by atoms with E-state index in [4.69, 9.17) is 9.97 Å². The molecule has 2 aliphatic rings. The first-order chi connectivity index (χ1) is 14.8. The van der Waals surface area contributed by atoms with Crippen LogP contribution in [0.15, 0.2) is 47.8 Å². The van der Waals surface area contributed by atoms with Gasteiger partial charge in [0.05, 0.1) is 12.1 Å². The van der Waals surface area contributed by atoms with Crippen LogP contribution >= 0.6 is 11.8 Å². The van der Waals surface area contributed by atoms with Crippen LogP contribution in [0.3, 0.4) is 0 Å². The third kappa shape index (κ3) is 4.57. The van der Waals surface area contributed by atoms with Gasteiger partial charge < -0.3 is 4.90 Å². The zero-order chi connectivity index (χ0) is 20.2. The van der Waals surface area contributed by atoms with Gasteiger partial charge in [-0.15, -0.1) is 11.8 Å². The first-order valence-corrected chi connectivity index (χ1v) is 11.9. The van der Waals surface area contributed by atoms with Crippen molar-refractivity contribution in [3.8, 4) is 0 Å². The van der Waals surface area contributed by atoms with E-state index in [9.17, 15) is 0 Å². The van der Waals surface area contributed by atoms with E-state index in [0.717, 1.165) is 50.0 Å². The summed E-state index contributed by atoms with van der Waals surface area (Å²) in [5.74, 6) is 1.77. The highest BCUT2D eigenvalue weighted by molar-refractivity contribution is 8.00. The maximum absolute atomic E-state index is 5.04. The van der Waals surface area contributed by atoms with Crippen LogP contribution < -0.4 is 4.90 Å². The van der Waals surface area contributed by atoms with E-state index in [2.05, 4.69) is 44.0 Å². The van der Waals surface area contributed by atoms with Crippen molar-refractivity contribution in [1.82, 2.24) is 24.8 Å². The van der Waals surface area contributed by atoms with Gasteiger partial charge in [-0.3, -0.25) is 4.90 Å². The Morgan fingerprint density at radius 1 is 0.867 bits per heavy atom. The predicted octanol–water partition coefficient (Wildman–Crippen LogP) is 4.17. The van der Waals surface area contributed by atoms with Crippen LogP contribution in [0.4, 0.5) is 5.95 Å². The standard InChI is InChI=1S/C23H28N6S/c1-2-7-18(8-3-1)30-22-19-9-4-5-10-20(19)26-21(27-22)17-28-13-15-29(16-14-28)23-24-11-6-12-25-23/h4-6,9-12,18H,1-3,7-8,13-17H2. The highest BCUT2D eigenvalue weighted by Gasteiger charge is 2.21. The van der Waals surface area contributed by atoms with Crippen LogP contribution in [0.2, 0.25) is 0 Å². The van der Waals surface area contributed by atoms with Crippen molar-refractivity contribution in [1.29, 1.82) is 0 Å². The van der Waals surface area contributed by atoms with Gasteiger partial charge in [-0.2, -0.15) is 0 Å². The van der Waals surface area contributed by atoms with Crippen molar-refractivity contribution in [2.45, 2.75) is 48.9 Å². The van der Waals surface area contributed by atoms with Crippen LogP contribution in [0.1, 0.15) is 37.9 Å². The molecule has 1 saturated carbocycles. The average Bonchev–Trinajstić information content (AvgIpc) is 2.81. The molecule has 30 heavy (non-hydrogen) atoms. The number of benzene rings is 1. The van der Waals surface area contributed by atoms with Gasteiger partial charge in [0.1, 0.15) is 10.9 Å². The number of para-hydroxylation sites is 1. The second-order valence-corrected chi connectivity index (χ2v) is 9.44. The second kappa shape index (κ2) is 9.27. The van der Waals surface area contributed by atoms with Gasteiger partial charge in [0.15, 0.2) is 0 Å². The van der Waals surface area contributed by atoms with E-state index in [-0.39, 0.29) is 0 Å². The Morgan fingerprint density at radius 2 is 1.63 bits per heavy atom. The molecule has 2 aromatic heterocycles. The third-order valence-electron chi connectivity index (χ3n) is 6.02. The molecule has 7 heteroatoms. The van der Waals surface area contributed by atoms with Crippen molar-refractivity contribution in [2.75, 3.05) is 31.1 Å². The largest absolute Gasteiger partial charge is 0.338 e. The zero-order valence-electron chi connectivity index (χ0n) is 17.3. The fourth-order valence-electron chi connectivity index (χ4n) is 4.36. The van der Waals surface area contributed by atoms with Gasteiger partial charge >= 0.3 is 0 Å². The monoisotopic (exact) mass is 420 g/mol. The van der Waals surface area contributed by atoms with Gasteiger partial charge in [-0.1, -0.05) is 37.5 Å². The highest BCUT2D eigenvalue weighted by Crippen LogP contribution is 2.35. The van der Waals surface area contributed by atoms with E-state index in [0.29, 0.717) is 5.25 Å². The molecule has 5 rings (SSSR count). The number of rotatable bonds is 5. The van der Waals surface area contributed by atoms with Gasteiger partial charge in [-0.05, 0) is 25.0 Å². The molecular weight excluding hydrogens is 392 g/mol. The van der Waals surface area contributed by atoms with Crippen LogP contribution in [-0.4, -0.2) is 56.3 Å². The van der Waals surface area contributed by atoms with E-state index in [1.54, 1.807) is 0 Å². The number of piperazine rings is 1. The number of nitrogens with zero attached hydrogens (tertiary/aromatic N) is 6. The first kappa shape index (κ1) is 19.7. The number of aromatic nitrogens is 4. The summed E-state index contributed by atoms with van der Waals surface area (Å²) in [4.78, 5) is 23.4. The summed E-state index contributed by atoms with van der Waals surface area (Å²) in [6.45, 7) is 4.61. The second-order valence-electron chi connectivity index (χ2n) is 8.15. The fraction of sp³-hybridized carbons (Fsp3) is 0.478. The Morgan fingerprint density at radius 3 is 2.43 bits per heavy atom. The minimum absolute atomic E-state index is 0.694. The van der Waals surface area contributed by atoms with Gasteiger partial charge in [0, 0.05) is 49.2 Å². The molecule has 1 saturated heterocycles. The lowest BCUT2D eigenvalue weighted by Crippen LogP contribution is -2.46. The quantitative estimate of drug-likeness (QED) is 0.574. The molecule has 1 aliphatic heterocycles. The van der Waals surface area contributed by atoms with Gasteiger partial charge in [0.2, 0.25) is 5.95 Å². The molecule has 6 nitrogen and oxygen atoms in total. The Kier molecular flexibility index (Phi) is 6.08. The lowest BCUT2D eigenvalue weighted by atomic mass is 10.0. The van der Waals surface area contributed by atoms with Crippen LogP contribution in [0.25, 0.3) is 10.9 Å². The summed E-state index contributed by atoms with van der Waals surface area (Å²) in [5.41, 5.74) is 1.07. The van der Waals surface area contributed by atoms with Crippen LogP contribution in [0, 0.1) is 0 Å². The molecule has 0 amide bonds. The lowest BCUT2D eigenvalue weighted by Gasteiger charge is -2.34. The van der Waals surface area contributed by atoms with Crippen molar-refractivity contribution in [2.24, 2.45) is 0 Å². The molecule has 1 aliphatic carbocycles. The summed E-state index contributed by atoms with van der Waals surface area (Å²) < 4.78 is 0. The average molecular weight is 421 g/mol. The minimum atomic E-state index is 0.694. The molecule has 0 spiro atoms. The maximum atomic E-state index is 5.04. The molecule has 0 radical (unpaired) electrons. The molecule has 0 N–H and O–H groups in total. The number of hydrogen-bond donors (Lipinski definition) is 0. The summed E-state index contributed by atoms with van der Waals surface area (Å²) in [7, 11) is 0. The number of anilines is 1. The number of fused-ring (bicyclic) bond motifs is 1. The van der Waals surface area contributed by atoms with Gasteiger partial charge in [0.25, 0.3) is 0 Å². The molecule has 3 aromatic rings. The Labute approximate surface area is 182 Å². The lowest BCUT2D eigenvalue weighted by molar-refractivity contribution is 0.242. The van der Waals surface area contributed by atoms with Crippen molar-refractivity contribution in [3.05, 3.63) is 48.5 Å². The predicted molar refractivity (Wildman–Crippen MR) is 122 cm³/mol. The third-order valence-corrected chi connectivity index (χ3v) is 7.36. The molecule has 156 valence electrons. The summed E-state index contributed by atoms with van der Waals surface area (Å²) in [6, 6.07) is 10.3. The van der Waals surface area contributed by atoms with E-state index < -0.39 is 0 Å². The smallest absolute Gasteiger partial charge is 0.225 e. The highest BCUT2D eigenvalue weighted by atomic mass is 32.2. The fourth-order valence-corrected chi connectivity index (χ4v) is 5.70. The molecule has 0 unspecified atom stereocenters. The first-order valence-electron chi connectivity index (χ1n) is 11.0. The molecule has 3 heterocycles. The molecular formula is C23H28N6S. The zero-order valence-corrected chi connectivity index (χ0v) is 18.1. The summed E-state index contributed by atoms with van der Waals surface area (Å²) in [5, 5.41) is 3.06. The van der Waals surface area contributed by atoms with E-state index in [1.165, 1.54) is 42.5 Å². The topological polar surface area (TPSA) is 58.0 Å². The molecule has 0 bridgehead atoms. The van der Waals surface area contributed by atoms with Crippen molar-refractivity contribution < 1.29 is 0 Å². The normalized spacial score (nSPS) is 18.7. The Bertz CT molecular complexity index is 968.